The number of nitrogens with two attached hydrogens (primary N) is 1. The van der Waals surface area contributed by atoms with Crippen LogP contribution in [0.5, 0.6) is 0 Å². The van der Waals surface area contributed by atoms with Crippen molar-refractivity contribution in [2.24, 2.45) is 5.73 Å². The summed E-state index contributed by atoms with van der Waals surface area (Å²) >= 11 is 4.82. The molecule has 6 heteroatoms. The molecule has 0 heterocycles. The highest BCUT2D eigenvalue weighted by atomic mass is 32.1. The Hall–Kier alpha value is -2.34. The summed E-state index contributed by atoms with van der Waals surface area (Å²) in [4.78, 5) is 12.0. The molecular formula is C15H12F2N2OS. The predicted octanol–water partition coefficient (Wildman–Crippen LogP) is 3.16. The van der Waals surface area contributed by atoms with E-state index in [0.717, 1.165) is 12.1 Å². The summed E-state index contributed by atoms with van der Waals surface area (Å²) in [7, 11) is 0. The predicted molar refractivity (Wildman–Crippen MR) is 81.4 cm³/mol. The summed E-state index contributed by atoms with van der Waals surface area (Å²) in [5, 5.41) is 2.54. The van der Waals surface area contributed by atoms with Crippen molar-refractivity contribution < 1.29 is 13.6 Å². The number of thiocarbonyl (C=S) groups is 1. The van der Waals surface area contributed by atoms with Gasteiger partial charge in [-0.25, -0.2) is 8.78 Å². The monoisotopic (exact) mass is 306 g/mol. The quantitative estimate of drug-likeness (QED) is 0.857. The van der Waals surface area contributed by atoms with E-state index >= 15 is 0 Å². The molecule has 2 aromatic carbocycles. The van der Waals surface area contributed by atoms with Gasteiger partial charge in [-0.1, -0.05) is 18.3 Å². The van der Waals surface area contributed by atoms with Gasteiger partial charge in [0.05, 0.1) is 5.69 Å². The third kappa shape index (κ3) is 3.41. The molecule has 0 saturated heterocycles. The maximum atomic E-state index is 13.5. The molecule has 2 rings (SSSR count). The summed E-state index contributed by atoms with van der Waals surface area (Å²) < 4.78 is 26.7. The Bertz CT molecular complexity index is 732. The second kappa shape index (κ2) is 5.97. The Morgan fingerprint density at radius 2 is 1.90 bits per heavy atom. The zero-order valence-electron chi connectivity index (χ0n) is 11.1. The van der Waals surface area contributed by atoms with Crippen molar-refractivity contribution in [2.75, 3.05) is 5.32 Å². The molecule has 0 fully saturated rings. The van der Waals surface area contributed by atoms with Gasteiger partial charge >= 0.3 is 0 Å². The third-order valence-corrected chi connectivity index (χ3v) is 3.15. The summed E-state index contributed by atoms with van der Waals surface area (Å²) in [6.45, 7) is 1.60. The van der Waals surface area contributed by atoms with Crippen molar-refractivity contribution in [1.29, 1.82) is 0 Å². The standard InChI is InChI=1S/C15H12F2N2OS/c1-8-2-3-9(6-12(8)17)15(20)19-13-5-4-10(16)7-11(13)14(18)21/h2-7H,1H3,(H2,18,21)(H,19,20). The van der Waals surface area contributed by atoms with Crippen LogP contribution < -0.4 is 11.1 Å². The van der Waals surface area contributed by atoms with Crippen LogP contribution in [0.25, 0.3) is 0 Å². The molecule has 0 spiro atoms. The number of benzene rings is 2. The summed E-state index contributed by atoms with van der Waals surface area (Å²) in [5.74, 6) is -1.52. The zero-order valence-corrected chi connectivity index (χ0v) is 11.9. The highest BCUT2D eigenvalue weighted by Crippen LogP contribution is 2.19. The van der Waals surface area contributed by atoms with Gasteiger partial charge in [0.15, 0.2) is 0 Å². The normalized spacial score (nSPS) is 10.2. The summed E-state index contributed by atoms with van der Waals surface area (Å²) in [6.07, 6.45) is 0. The molecule has 1 amide bonds. The van der Waals surface area contributed by atoms with Crippen molar-refractivity contribution in [1.82, 2.24) is 0 Å². The second-order valence-corrected chi connectivity index (χ2v) is 4.91. The van der Waals surface area contributed by atoms with Crippen molar-refractivity contribution in [3.63, 3.8) is 0 Å². The number of rotatable bonds is 3. The second-order valence-electron chi connectivity index (χ2n) is 4.47. The first kappa shape index (κ1) is 15.1. The minimum absolute atomic E-state index is 0.0418. The number of carbonyl (C=O) groups is 1. The first-order valence-electron chi connectivity index (χ1n) is 6.05. The van der Waals surface area contributed by atoms with Crippen molar-refractivity contribution in [3.8, 4) is 0 Å². The molecule has 0 unspecified atom stereocenters. The molecule has 0 bridgehead atoms. The number of aryl methyl sites for hydroxylation is 1. The molecular weight excluding hydrogens is 294 g/mol. The van der Waals surface area contributed by atoms with Crippen molar-refractivity contribution in [2.45, 2.75) is 6.92 Å². The van der Waals surface area contributed by atoms with Crippen LogP contribution >= 0.6 is 12.2 Å². The van der Waals surface area contributed by atoms with E-state index in [2.05, 4.69) is 5.32 Å². The van der Waals surface area contributed by atoms with E-state index in [9.17, 15) is 13.6 Å². The minimum atomic E-state index is -0.530. The van der Waals surface area contributed by atoms with Gasteiger partial charge in [0.1, 0.15) is 16.6 Å². The molecule has 0 aliphatic heterocycles. The molecule has 108 valence electrons. The number of carbonyl (C=O) groups excluding carboxylic acids is 1. The fourth-order valence-corrected chi connectivity index (χ4v) is 1.93. The van der Waals surface area contributed by atoms with Gasteiger partial charge in [-0.05, 0) is 42.8 Å². The number of amides is 1. The Kier molecular flexibility index (Phi) is 4.28. The Morgan fingerprint density at radius 3 is 2.52 bits per heavy atom. The highest BCUT2D eigenvalue weighted by Gasteiger charge is 2.12. The third-order valence-electron chi connectivity index (χ3n) is 2.93. The van der Waals surface area contributed by atoms with Gasteiger partial charge in [0.25, 0.3) is 5.91 Å². The SMILES string of the molecule is Cc1ccc(C(=O)Nc2ccc(F)cc2C(N)=S)cc1F. The van der Waals surface area contributed by atoms with Crippen molar-refractivity contribution >= 4 is 28.8 Å². The lowest BCUT2D eigenvalue weighted by atomic mass is 10.1. The molecule has 21 heavy (non-hydrogen) atoms. The molecule has 0 aromatic heterocycles. The van der Waals surface area contributed by atoms with Gasteiger partial charge < -0.3 is 11.1 Å². The lowest BCUT2D eigenvalue weighted by Gasteiger charge is -2.10. The van der Waals surface area contributed by atoms with Crippen molar-refractivity contribution in [3.05, 3.63) is 64.7 Å². The van der Waals surface area contributed by atoms with Gasteiger partial charge in [-0.3, -0.25) is 4.79 Å². The topological polar surface area (TPSA) is 55.1 Å². The van der Waals surface area contributed by atoms with Crippen LogP contribution in [0, 0.1) is 18.6 Å². The van der Waals surface area contributed by atoms with Crippen LogP contribution in [0.15, 0.2) is 36.4 Å². The zero-order chi connectivity index (χ0) is 15.6. The fourth-order valence-electron chi connectivity index (χ4n) is 1.76. The van der Waals surface area contributed by atoms with Crippen LogP contribution in [0.1, 0.15) is 21.5 Å². The van der Waals surface area contributed by atoms with E-state index < -0.39 is 17.5 Å². The van der Waals surface area contributed by atoms with Crippen LogP contribution in [0.4, 0.5) is 14.5 Å². The lowest BCUT2D eigenvalue weighted by molar-refractivity contribution is 0.102. The molecule has 3 N–H and O–H groups in total. The summed E-state index contributed by atoms with van der Waals surface area (Å²) in [5.41, 5.74) is 6.57. The number of hydrogen-bond acceptors (Lipinski definition) is 2. The fraction of sp³-hybridized carbons (Fsp3) is 0.0667. The minimum Gasteiger partial charge on any atom is -0.389 e. The van der Waals surface area contributed by atoms with Crippen LogP contribution in [-0.4, -0.2) is 10.9 Å². The highest BCUT2D eigenvalue weighted by molar-refractivity contribution is 7.80. The smallest absolute Gasteiger partial charge is 0.255 e. The maximum Gasteiger partial charge on any atom is 0.255 e. The average molecular weight is 306 g/mol. The molecule has 0 aliphatic carbocycles. The van der Waals surface area contributed by atoms with Crippen LogP contribution in [-0.2, 0) is 0 Å². The first-order chi connectivity index (χ1) is 9.88. The number of nitrogens with one attached hydrogen (secondary N) is 1. The Morgan fingerprint density at radius 1 is 1.19 bits per heavy atom. The average Bonchev–Trinajstić information content (AvgIpc) is 2.43. The van der Waals surface area contributed by atoms with E-state index in [-0.39, 0.29) is 21.8 Å². The molecule has 3 nitrogen and oxygen atoms in total. The Balaban J connectivity index is 2.31. The van der Waals surface area contributed by atoms with Gasteiger partial charge in [-0.15, -0.1) is 0 Å². The number of halogens is 2. The molecule has 0 aliphatic rings. The van der Waals surface area contributed by atoms with Gasteiger partial charge in [0, 0.05) is 11.1 Å². The maximum absolute atomic E-state index is 13.5. The van der Waals surface area contributed by atoms with E-state index in [0.29, 0.717) is 5.56 Å². The summed E-state index contributed by atoms with van der Waals surface area (Å²) in [6, 6.07) is 7.79. The van der Waals surface area contributed by atoms with Crippen LogP contribution in [0.2, 0.25) is 0 Å². The van der Waals surface area contributed by atoms with E-state index in [1.54, 1.807) is 6.92 Å². The number of hydrogen-bond donors (Lipinski definition) is 2. The molecule has 0 radical (unpaired) electrons. The molecule has 0 atom stereocenters. The van der Waals surface area contributed by atoms with Crippen LogP contribution in [0.3, 0.4) is 0 Å². The van der Waals surface area contributed by atoms with E-state index in [1.807, 2.05) is 0 Å². The van der Waals surface area contributed by atoms with E-state index in [1.165, 1.54) is 24.3 Å². The first-order valence-corrected chi connectivity index (χ1v) is 6.46. The van der Waals surface area contributed by atoms with Gasteiger partial charge in [-0.2, -0.15) is 0 Å². The van der Waals surface area contributed by atoms with E-state index in [4.69, 9.17) is 18.0 Å². The largest absolute Gasteiger partial charge is 0.389 e. The van der Waals surface area contributed by atoms with Gasteiger partial charge in [0.2, 0.25) is 0 Å². The number of anilines is 1. The lowest BCUT2D eigenvalue weighted by Crippen LogP contribution is -2.18. The molecule has 2 aromatic rings. The molecule has 0 saturated carbocycles. The Labute approximate surface area is 125 Å².